The zero-order chi connectivity index (χ0) is 28.6. The van der Waals surface area contributed by atoms with E-state index in [1.807, 2.05) is 6.92 Å². The zero-order valence-electron chi connectivity index (χ0n) is 21.9. The van der Waals surface area contributed by atoms with Gasteiger partial charge in [0.25, 0.3) is 5.91 Å². The first-order chi connectivity index (χ1) is 18.4. The summed E-state index contributed by atoms with van der Waals surface area (Å²) in [6.45, 7) is 2.02. The summed E-state index contributed by atoms with van der Waals surface area (Å²) in [5.74, 6) is -2.70. The minimum Gasteiger partial charge on any atom is -0.349 e. The van der Waals surface area contributed by atoms with Gasteiger partial charge in [0, 0.05) is 32.5 Å². The first kappa shape index (κ1) is 30.0. The lowest BCUT2D eigenvalue weighted by Crippen LogP contribution is -2.29. The molecule has 0 bridgehead atoms. The fourth-order valence-electron chi connectivity index (χ4n) is 4.24. The number of alkyl halides is 5. The smallest absolute Gasteiger partial charge is 0.349 e. The molecule has 0 spiro atoms. The normalized spacial score (nSPS) is 15.8. The summed E-state index contributed by atoms with van der Waals surface area (Å²) in [6, 6.07) is 6.53. The number of H-pyrrole nitrogens is 1. The van der Waals surface area contributed by atoms with Crippen molar-refractivity contribution in [2.24, 2.45) is 7.05 Å². The van der Waals surface area contributed by atoms with E-state index < -0.39 is 36.9 Å². The lowest BCUT2D eigenvalue weighted by molar-refractivity contribution is -0.144. The number of aromatic amines is 1. The van der Waals surface area contributed by atoms with Crippen LogP contribution in [-0.4, -0.2) is 43.7 Å². The van der Waals surface area contributed by atoms with Crippen molar-refractivity contribution < 1.29 is 31.5 Å². The Morgan fingerprint density at radius 1 is 1.15 bits per heavy atom. The van der Waals surface area contributed by atoms with Crippen molar-refractivity contribution in [1.29, 1.82) is 0 Å². The first-order valence-corrected chi connectivity index (χ1v) is 12.9. The van der Waals surface area contributed by atoms with Crippen LogP contribution in [0.4, 0.5) is 22.0 Å². The fraction of sp³-hybridized carbons (Fsp3) is 0.538. The van der Waals surface area contributed by atoms with Crippen LogP contribution in [0.3, 0.4) is 0 Å². The largest absolute Gasteiger partial charge is 0.389 e. The van der Waals surface area contributed by atoms with Crippen LogP contribution in [0.25, 0.3) is 11.0 Å². The van der Waals surface area contributed by atoms with E-state index in [1.54, 1.807) is 31.3 Å². The molecule has 3 N–H and O–H groups in total. The zero-order valence-corrected chi connectivity index (χ0v) is 21.9. The Kier molecular flexibility index (Phi) is 10.0. The highest BCUT2D eigenvalue weighted by molar-refractivity contribution is 5.92. The Morgan fingerprint density at radius 2 is 1.87 bits per heavy atom. The molecule has 2 heterocycles. The standard InChI is InChI=1S/C20H23F3N6O2.C6H10F2/c1-3-13(28-18(30)6-8-20(21,22)23)12-4-5-14-15(10-12)27-17(26-14)11-24-19(31)16-7-9-25-29(16)2;7-6(8)4-2-1-3-5-6/h4-5,7,9-10,13H,3,6,8,11H2,1-2H3,(H,24,31)(H,26,27)(H,28,30);1-5H2. The molecule has 1 fully saturated rings. The number of nitrogens with one attached hydrogen (secondary N) is 3. The van der Waals surface area contributed by atoms with Crippen LogP contribution in [0.1, 0.15) is 86.2 Å². The highest BCUT2D eigenvalue weighted by Crippen LogP contribution is 2.32. The number of imidazole rings is 1. The number of fused-ring (bicyclic) bond motifs is 1. The van der Waals surface area contributed by atoms with Gasteiger partial charge in [0.1, 0.15) is 11.5 Å². The van der Waals surface area contributed by atoms with Gasteiger partial charge in [-0.2, -0.15) is 18.3 Å². The molecule has 2 amide bonds. The Labute approximate surface area is 222 Å². The van der Waals surface area contributed by atoms with Crippen molar-refractivity contribution in [3.8, 4) is 0 Å². The second kappa shape index (κ2) is 13.0. The van der Waals surface area contributed by atoms with Gasteiger partial charge in [-0.25, -0.2) is 13.8 Å². The number of hydrogen-bond donors (Lipinski definition) is 3. The summed E-state index contributed by atoms with van der Waals surface area (Å²) in [4.78, 5) is 31.6. The third-order valence-corrected chi connectivity index (χ3v) is 6.39. The van der Waals surface area contributed by atoms with Gasteiger partial charge < -0.3 is 15.6 Å². The van der Waals surface area contributed by atoms with Gasteiger partial charge in [-0.1, -0.05) is 19.4 Å². The summed E-state index contributed by atoms with van der Waals surface area (Å²) in [5, 5.41) is 9.36. The molecular formula is C26H33F5N6O2. The van der Waals surface area contributed by atoms with Gasteiger partial charge in [-0.3, -0.25) is 14.3 Å². The summed E-state index contributed by atoms with van der Waals surface area (Å²) in [6.07, 6.45) is -1.41. The Bertz CT molecular complexity index is 1250. The molecule has 4 rings (SSSR count). The van der Waals surface area contributed by atoms with E-state index in [0.29, 0.717) is 41.8 Å². The molecule has 39 heavy (non-hydrogen) atoms. The summed E-state index contributed by atoms with van der Waals surface area (Å²) < 4.78 is 62.9. The molecule has 0 aliphatic heterocycles. The highest BCUT2D eigenvalue weighted by Gasteiger charge is 2.30. The fourth-order valence-corrected chi connectivity index (χ4v) is 4.24. The summed E-state index contributed by atoms with van der Waals surface area (Å²) >= 11 is 0. The van der Waals surface area contributed by atoms with Crippen molar-refractivity contribution in [1.82, 2.24) is 30.4 Å². The number of halogens is 5. The molecule has 0 saturated heterocycles. The van der Waals surface area contributed by atoms with E-state index in [9.17, 15) is 31.5 Å². The van der Waals surface area contributed by atoms with Crippen LogP contribution in [0.15, 0.2) is 30.5 Å². The molecule has 1 aromatic carbocycles. The average molecular weight is 557 g/mol. The monoisotopic (exact) mass is 556 g/mol. The van der Waals surface area contributed by atoms with Crippen LogP contribution in [0, 0.1) is 0 Å². The lowest BCUT2D eigenvalue weighted by atomic mass is 9.97. The molecule has 3 aromatic rings. The molecular weight excluding hydrogens is 523 g/mol. The van der Waals surface area contributed by atoms with Crippen LogP contribution in [0.5, 0.6) is 0 Å². The minimum absolute atomic E-state index is 0.118. The van der Waals surface area contributed by atoms with Gasteiger partial charge in [0.15, 0.2) is 0 Å². The van der Waals surface area contributed by atoms with Crippen LogP contribution < -0.4 is 10.6 Å². The van der Waals surface area contributed by atoms with Gasteiger partial charge in [0.2, 0.25) is 11.8 Å². The maximum atomic E-state index is 12.3. The second-order valence-electron chi connectivity index (χ2n) is 9.54. The molecule has 13 heteroatoms. The number of hydrogen-bond acceptors (Lipinski definition) is 4. The average Bonchev–Trinajstić information content (AvgIpc) is 3.49. The SMILES string of the molecule is CCC(NC(=O)CCC(F)(F)F)c1ccc2nc(CNC(=O)c3ccnn3C)[nH]c2c1.FC1(F)CCCCC1. The lowest BCUT2D eigenvalue weighted by Gasteiger charge is -2.20. The molecule has 8 nitrogen and oxygen atoms in total. The summed E-state index contributed by atoms with van der Waals surface area (Å²) in [5.41, 5.74) is 2.55. The number of aryl methyl sites for hydroxylation is 1. The van der Waals surface area contributed by atoms with Crippen LogP contribution in [0.2, 0.25) is 0 Å². The van der Waals surface area contributed by atoms with Crippen molar-refractivity contribution in [3.63, 3.8) is 0 Å². The number of rotatable bonds is 8. The topological polar surface area (TPSA) is 105 Å². The van der Waals surface area contributed by atoms with E-state index in [-0.39, 0.29) is 25.3 Å². The molecule has 1 aliphatic rings. The highest BCUT2D eigenvalue weighted by atomic mass is 19.4. The molecule has 1 aliphatic carbocycles. The van der Waals surface area contributed by atoms with Crippen molar-refractivity contribution in [3.05, 3.63) is 47.5 Å². The molecule has 1 atom stereocenters. The van der Waals surface area contributed by atoms with E-state index in [2.05, 4.69) is 25.7 Å². The van der Waals surface area contributed by atoms with Crippen molar-refractivity contribution in [2.75, 3.05) is 0 Å². The predicted octanol–water partition coefficient (Wildman–Crippen LogP) is 5.72. The van der Waals surface area contributed by atoms with Gasteiger partial charge in [-0.15, -0.1) is 0 Å². The van der Waals surface area contributed by atoms with E-state index in [0.717, 1.165) is 12.0 Å². The third kappa shape index (κ3) is 9.32. The van der Waals surface area contributed by atoms with E-state index in [4.69, 9.17) is 0 Å². The van der Waals surface area contributed by atoms with Crippen LogP contribution in [-0.2, 0) is 18.4 Å². The molecule has 1 saturated carbocycles. The maximum absolute atomic E-state index is 12.3. The minimum atomic E-state index is -4.36. The van der Waals surface area contributed by atoms with Crippen molar-refractivity contribution >= 4 is 22.8 Å². The molecule has 2 aromatic heterocycles. The van der Waals surface area contributed by atoms with Crippen molar-refractivity contribution in [2.45, 2.75) is 83.0 Å². The quantitative estimate of drug-likeness (QED) is 0.309. The number of carbonyl (C=O) groups excluding carboxylic acids is 2. The molecule has 0 radical (unpaired) electrons. The number of carbonyl (C=O) groups is 2. The number of amides is 2. The molecule has 214 valence electrons. The predicted molar refractivity (Wildman–Crippen MR) is 135 cm³/mol. The van der Waals surface area contributed by atoms with E-state index >= 15 is 0 Å². The Morgan fingerprint density at radius 3 is 2.44 bits per heavy atom. The number of benzene rings is 1. The van der Waals surface area contributed by atoms with Gasteiger partial charge in [-0.05, 0) is 43.0 Å². The maximum Gasteiger partial charge on any atom is 0.389 e. The van der Waals surface area contributed by atoms with Gasteiger partial charge >= 0.3 is 6.18 Å². The van der Waals surface area contributed by atoms with Gasteiger partial charge in [0.05, 0.1) is 30.0 Å². The third-order valence-electron chi connectivity index (χ3n) is 6.39. The molecule has 1 unspecified atom stereocenters. The Hall–Kier alpha value is -3.51. The summed E-state index contributed by atoms with van der Waals surface area (Å²) in [7, 11) is 1.67. The number of nitrogens with zero attached hydrogens (tertiary/aromatic N) is 3. The van der Waals surface area contributed by atoms with E-state index in [1.165, 1.54) is 10.9 Å². The Balaban J connectivity index is 0.000000449. The first-order valence-electron chi connectivity index (χ1n) is 12.9. The number of aromatic nitrogens is 4. The van der Waals surface area contributed by atoms with Crippen LogP contribution >= 0.6 is 0 Å². The second-order valence-corrected chi connectivity index (χ2v) is 9.54.